The zero-order valence-corrected chi connectivity index (χ0v) is 11.3. The van der Waals surface area contributed by atoms with E-state index in [4.69, 9.17) is 5.11 Å². The molecule has 18 heavy (non-hydrogen) atoms. The summed E-state index contributed by atoms with van der Waals surface area (Å²) in [5.74, 6) is -0.695. The average molecular weight is 290 g/mol. The van der Waals surface area contributed by atoms with Gasteiger partial charge in [-0.05, 0) is 23.2 Å². The second-order valence-electron chi connectivity index (χ2n) is 3.54. The largest absolute Gasteiger partial charge is 0.394 e. The van der Waals surface area contributed by atoms with E-state index in [9.17, 15) is 19.8 Å². The first kappa shape index (κ1) is 15.3. The molecule has 0 saturated carbocycles. The summed E-state index contributed by atoms with van der Waals surface area (Å²) in [5, 5.41) is 29.7. The van der Waals surface area contributed by atoms with Gasteiger partial charge in [-0.3, -0.25) is 9.59 Å². The third-order valence-corrected chi connectivity index (χ3v) is 4.53. The lowest BCUT2D eigenvalue weighted by Gasteiger charge is -2.28. The topological polar surface area (TPSA) is 94.8 Å². The van der Waals surface area contributed by atoms with E-state index in [1.807, 2.05) is 0 Å². The van der Waals surface area contributed by atoms with Crippen molar-refractivity contribution in [3.63, 3.8) is 0 Å². The Morgan fingerprint density at radius 3 is 2.67 bits per heavy atom. The van der Waals surface area contributed by atoms with Gasteiger partial charge >= 0.3 is 0 Å². The van der Waals surface area contributed by atoms with Gasteiger partial charge in [0.1, 0.15) is 6.10 Å². The monoisotopic (exact) mass is 290 g/mol. The summed E-state index contributed by atoms with van der Waals surface area (Å²) < 4.78 is 0. The lowest BCUT2D eigenvalue weighted by Crippen LogP contribution is -2.49. The summed E-state index contributed by atoms with van der Waals surface area (Å²) >= 11 is 1.51. The third kappa shape index (κ3) is 3.18. The Balaban J connectivity index is 2.92. The SMILES string of the molecule is CCC(=O)C(O)(SC(=O)c1cccs1)C(O)CO. The summed E-state index contributed by atoms with van der Waals surface area (Å²) in [6.07, 6.45) is -1.74. The fourth-order valence-corrected chi connectivity index (χ4v) is 3.02. The number of carbonyl (C=O) groups excluding carboxylic acids is 2. The van der Waals surface area contributed by atoms with Gasteiger partial charge in [-0.15, -0.1) is 11.3 Å². The second kappa shape index (κ2) is 6.44. The average Bonchev–Trinajstić information content (AvgIpc) is 2.90. The Morgan fingerprint density at radius 1 is 1.56 bits per heavy atom. The highest BCUT2D eigenvalue weighted by molar-refractivity contribution is 8.16. The molecule has 0 spiro atoms. The van der Waals surface area contributed by atoms with E-state index in [2.05, 4.69) is 0 Å². The molecule has 0 aliphatic carbocycles. The van der Waals surface area contributed by atoms with Gasteiger partial charge in [0.2, 0.25) is 10.0 Å². The van der Waals surface area contributed by atoms with E-state index in [0.29, 0.717) is 16.6 Å². The van der Waals surface area contributed by atoms with Crippen LogP contribution < -0.4 is 0 Å². The van der Waals surface area contributed by atoms with Gasteiger partial charge in [0.15, 0.2) is 5.78 Å². The first-order chi connectivity index (χ1) is 8.45. The Bertz CT molecular complexity index is 417. The summed E-state index contributed by atoms with van der Waals surface area (Å²) in [5.41, 5.74) is 0. The molecule has 0 aliphatic rings. The predicted octanol–water partition coefficient (Wildman–Crippen LogP) is 0.642. The molecule has 1 heterocycles. The molecule has 100 valence electrons. The minimum absolute atomic E-state index is 0.0434. The van der Waals surface area contributed by atoms with Gasteiger partial charge in [0.25, 0.3) is 0 Å². The molecule has 1 aromatic rings. The van der Waals surface area contributed by atoms with Gasteiger partial charge in [-0.25, -0.2) is 0 Å². The van der Waals surface area contributed by atoms with E-state index in [1.165, 1.54) is 18.3 Å². The van der Waals surface area contributed by atoms with Crippen LogP contribution in [0.5, 0.6) is 0 Å². The number of Topliss-reactive ketones (excluding diaryl/α,β-unsaturated/α-hetero) is 1. The molecule has 0 aliphatic heterocycles. The van der Waals surface area contributed by atoms with Crippen molar-refractivity contribution in [2.75, 3.05) is 6.61 Å². The molecule has 5 nitrogen and oxygen atoms in total. The lowest BCUT2D eigenvalue weighted by atomic mass is 10.1. The molecule has 0 fully saturated rings. The van der Waals surface area contributed by atoms with Crippen LogP contribution in [0.15, 0.2) is 17.5 Å². The number of rotatable bonds is 6. The fourth-order valence-electron chi connectivity index (χ4n) is 1.27. The molecule has 0 aromatic carbocycles. The van der Waals surface area contributed by atoms with Crippen LogP contribution in [0.25, 0.3) is 0 Å². The molecule has 3 N–H and O–H groups in total. The van der Waals surface area contributed by atoms with Crippen LogP contribution in [0.1, 0.15) is 23.0 Å². The highest BCUT2D eigenvalue weighted by Gasteiger charge is 2.44. The van der Waals surface area contributed by atoms with Gasteiger partial charge in [0.05, 0.1) is 11.5 Å². The third-order valence-electron chi connectivity index (χ3n) is 2.32. The van der Waals surface area contributed by atoms with E-state index >= 15 is 0 Å². The maximum absolute atomic E-state index is 11.8. The summed E-state index contributed by atoms with van der Waals surface area (Å²) in [6.45, 7) is 0.709. The van der Waals surface area contributed by atoms with E-state index in [0.717, 1.165) is 0 Å². The molecule has 0 bridgehead atoms. The smallest absolute Gasteiger partial charge is 0.232 e. The quantitative estimate of drug-likeness (QED) is 0.666. The van der Waals surface area contributed by atoms with Gasteiger partial charge in [-0.1, -0.05) is 13.0 Å². The molecular formula is C11H14O5S2. The molecule has 1 rings (SSSR count). The van der Waals surface area contributed by atoms with Crippen molar-refractivity contribution in [3.8, 4) is 0 Å². The Hall–Kier alpha value is -0.730. The van der Waals surface area contributed by atoms with Gasteiger partial charge < -0.3 is 15.3 Å². The minimum Gasteiger partial charge on any atom is -0.394 e. The molecular weight excluding hydrogens is 276 g/mol. The van der Waals surface area contributed by atoms with Crippen LogP contribution in [0.4, 0.5) is 0 Å². The van der Waals surface area contributed by atoms with Crippen LogP contribution in [0.3, 0.4) is 0 Å². The highest BCUT2D eigenvalue weighted by Crippen LogP contribution is 2.32. The van der Waals surface area contributed by atoms with Gasteiger partial charge in [-0.2, -0.15) is 0 Å². The number of hydrogen-bond donors (Lipinski definition) is 3. The number of carbonyl (C=O) groups is 2. The summed E-state index contributed by atoms with van der Waals surface area (Å²) in [6, 6.07) is 3.23. The Labute approximate surface area is 112 Å². The molecule has 0 saturated heterocycles. The maximum Gasteiger partial charge on any atom is 0.232 e. The van der Waals surface area contributed by atoms with Crippen LogP contribution in [0.2, 0.25) is 0 Å². The highest BCUT2D eigenvalue weighted by atomic mass is 32.2. The first-order valence-corrected chi connectivity index (χ1v) is 6.96. The Kier molecular flexibility index (Phi) is 5.48. The van der Waals surface area contributed by atoms with Crippen LogP contribution in [-0.2, 0) is 4.79 Å². The zero-order chi connectivity index (χ0) is 13.8. The molecule has 1 aromatic heterocycles. The van der Waals surface area contributed by atoms with E-state index < -0.39 is 28.5 Å². The standard InChI is InChI=1S/C11H14O5S2/c1-2-8(13)11(16,9(14)6-12)18-10(15)7-4-3-5-17-7/h3-5,9,12,14,16H,2,6H2,1H3. The normalized spacial score (nSPS) is 16.0. The van der Waals surface area contributed by atoms with Crippen molar-refractivity contribution < 1.29 is 24.9 Å². The van der Waals surface area contributed by atoms with Crippen molar-refractivity contribution >= 4 is 34.0 Å². The number of aliphatic hydroxyl groups excluding tert-OH is 2. The van der Waals surface area contributed by atoms with Crippen molar-refractivity contribution in [2.24, 2.45) is 0 Å². The van der Waals surface area contributed by atoms with Crippen molar-refractivity contribution in [2.45, 2.75) is 24.4 Å². The maximum atomic E-state index is 11.8. The minimum atomic E-state index is -2.30. The first-order valence-electron chi connectivity index (χ1n) is 5.27. The second-order valence-corrected chi connectivity index (χ2v) is 5.68. The van der Waals surface area contributed by atoms with Crippen LogP contribution >= 0.6 is 23.1 Å². The lowest BCUT2D eigenvalue weighted by molar-refractivity contribution is -0.138. The number of aliphatic hydroxyl groups is 3. The number of thioether (sulfide) groups is 1. The van der Waals surface area contributed by atoms with E-state index in [1.54, 1.807) is 17.5 Å². The molecule has 2 unspecified atom stereocenters. The zero-order valence-electron chi connectivity index (χ0n) is 9.70. The van der Waals surface area contributed by atoms with Crippen LogP contribution in [0, 0.1) is 0 Å². The molecule has 0 amide bonds. The molecule has 2 atom stereocenters. The summed E-state index contributed by atoms with van der Waals surface area (Å²) in [4.78, 5) is 21.5. The Morgan fingerprint density at radius 2 is 2.22 bits per heavy atom. The van der Waals surface area contributed by atoms with Crippen LogP contribution in [-0.4, -0.2) is 43.9 Å². The van der Waals surface area contributed by atoms with Crippen molar-refractivity contribution in [3.05, 3.63) is 22.4 Å². The fraction of sp³-hybridized carbons (Fsp3) is 0.455. The predicted molar refractivity (Wildman–Crippen MR) is 69.6 cm³/mol. The molecule has 7 heteroatoms. The summed E-state index contributed by atoms with van der Waals surface area (Å²) in [7, 11) is 0. The number of hydrogen-bond acceptors (Lipinski definition) is 7. The van der Waals surface area contributed by atoms with E-state index in [-0.39, 0.29) is 6.42 Å². The number of ketones is 1. The number of thiophene rings is 1. The van der Waals surface area contributed by atoms with Gasteiger partial charge in [0, 0.05) is 6.42 Å². The molecule has 0 radical (unpaired) electrons. The van der Waals surface area contributed by atoms with Crippen molar-refractivity contribution in [1.29, 1.82) is 0 Å². The van der Waals surface area contributed by atoms with Crippen molar-refractivity contribution in [1.82, 2.24) is 0 Å².